The first-order valence-corrected chi connectivity index (χ1v) is 11.0. The Bertz CT molecular complexity index is 1190. The molecule has 0 aliphatic carbocycles. The van der Waals surface area contributed by atoms with Gasteiger partial charge in [-0.2, -0.15) is 0 Å². The molecule has 0 bridgehead atoms. The Hall–Kier alpha value is -3.65. The van der Waals surface area contributed by atoms with Crippen LogP contribution in [-0.2, 0) is 6.54 Å². The number of anilines is 1. The summed E-state index contributed by atoms with van der Waals surface area (Å²) < 4.78 is 11.7. The lowest BCUT2D eigenvalue weighted by Crippen LogP contribution is -2.18. The molecular weight excluding hydrogens is 422 g/mol. The molecule has 172 valence electrons. The van der Waals surface area contributed by atoms with E-state index in [9.17, 15) is 14.9 Å². The summed E-state index contributed by atoms with van der Waals surface area (Å²) in [5.41, 5.74) is 3.10. The number of non-ortho nitro benzene ring substituents is 1. The summed E-state index contributed by atoms with van der Waals surface area (Å²) >= 11 is 0. The first-order valence-electron chi connectivity index (χ1n) is 11.0. The van der Waals surface area contributed by atoms with Gasteiger partial charge in [-0.25, -0.2) is 0 Å². The summed E-state index contributed by atoms with van der Waals surface area (Å²) in [4.78, 5) is 26.0. The zero-order valence-corrected chi connectivity index (χ0v) is 19.0. The van der Waals surface area contributed by atoms with Gasteiger partial charge in [0.05, 0.1) is 23.2 Å². The van der Waals surface area contributed by atoms with Crippen LogP contribution in [0.2, 0.25) is 0 Å². The van der Waals surface area contributed by atoms with Crippen molar-refractivity contribution in [2.45, 2.75) is 40.2 Å². The van der Waals surface area contributed by atoms with E-state index in [1.165, 1.54) is 25.0 Å². The lowest BCUT2D eigenvalue weighted by molar-refractivity contribution is -0.384. The second-order valence-corrected chi connectivity index (χ2v) is 8.48. The third-order valence-electron chi connectivity index (χ3n) is 5.82. The third kappa shape index (κ3) is 5.40. The summed E-state index contributed by atoms with van der Waals surface area (Å²) in [5.74, 6) is 1.28. The minimum absolute atomic E-state index is 0.156. The molecule has 0 spiro atoms. The molecule has 33 heavy (non-hydrogen) atoms. The van der Waals surface area contributed by atoms with Gasteiger partial charge >= 0.3 is 0 Å². The normalized spacial score (nSPS) is 13.8. The molecule has 0 radical (unpaired) electrons. The van der Waals surface area contributed by atoms with Crippen molar-refractivity contribution in [1.29, 1.82) is 0 Å². The molecule has 2 aromatic carbocycles. The highest BCUT2D eigenvalue weighted by Crippen LogP contribution is 2.33. The van der Waals surface area contributed by atoms with Crippen molar-refractivity contribution in [3.8, 4) is 11.5 Å². The van der Waals surface area contributed by atoms with E-state index in [2.05, 4.69) is 10.2 Å². The maximum Gasteiger partial charge on any atom is 0.291 e. The van der Waals surface area contributed by atoms with E-state index < -0.39 is 10.8 Å². The third-order valence-corrected chi connectivity index (χ3v) is 5.82. The summed E-state index contributed by atoms with van der Waals surface area (Å²) in [7, 11) is 0. The number of carbonyl (C=O) groups excluding carboxylic acids is 1. The summed E-state index contributed by atoms with van der Waals surface area (Å²) in [6.45, 7) is 8.59. The predicted molar refractivity (Wildman–Crippen MR) is 125 cm³/mol. The van der Waals surface area contributed by atoms with Crippen LogP contribution in [0.3, 0.4) is 0 Å². The van der Waals surface area contributed by atoms with Gasteiger partial charge in [0.1, 0.15) is 17.3 Å². The van der Waals surface area contributed by atoms with Crippen LogP contribution in [0.25, 0.3) is 0 Å². The number of benzene rings is 2. The first-order chi connectivity index (χ1) is 15.8. The largest absolute Gasteiger partial charge is 0.457 e. The van der Waals surface area contributed by atoms with Gasteiger partial charge < -0.3 is 14.5 Å². The van der Waals surface area contributed by atoms with Crippen molar-refractivity contribution < 1.29 is 18.9 Å². The quantitative estimate of drug-likeness (QED) is 0.364. The molecule has 8 heteroatoms. The Kier molecular flexibility index (Phi) is 6.46. The Morgan fingerprint density at radius 2 is 1.88 bits per heavy atom. The van der Waals surface area contributed by atoms with E-state index in [0.717, 1.165) is 35.5 Å². The number of amides is 1. The van der Waals surface area contributed by atoms with E-state index >= 15 is 0 Å². The fraction of sp³-hybridized carbons (Fsp3) is 0.320. The van der Waals surface area contributed by atoms with Crippen LogP contribution in [-0.4, -0.2) is 28.8 Å². The molecule has 8 nitrogen and oxygen atoms in total. The van der Waals surface area contributed by atoms with Crippen molar-refractivity contribution >= 4 is 17.3 Å². The molecule has 1 saturated heterocycles. The molecule has 0 unspecified atom stereocenters. The Balaban J connectivity index is 1.54. The second kappa shape index (κ2) is 9.46. The van der Waals surface area contributed by atoms with E-state index in [-0.39, 0.29) is 22.9 Å². The average molecular weight is 450 g/mol. The van der Waals surface area contributed by atoms with Crippen molar-refractivity contribution in [2.75, 3.05) is 18.4 Å². The molecule has 1 aromatic heterocycles. The topological polar surface area (TPSA) is 97.8 Å². The number of furan rings is 1. The highest BCUT2D eigenvalue weighted by Gasteiger charge is 2.18. The van der Waals surface area contributed by atoms with E-state index in [1.807, 2.05) is 32.9 Å². The number of ether oxygens (including phenoxy) is 1. The SMILES string of the molecule is Cc1cc(C)c(C)c(Oc2cc(NC(=O)c3ccc(CN4CCCC4)o3)cc([N+](=O)[O-])c2)c1. The lowest BCUT2D eigenvalue weighted by Gasteiger charge is -2.13. The molecule has 1 amide bonds. The van der Waals surface area contributed by atoms with Gasteiger partial charge in [-0.15, -0.1) is 0 Å². The van der Waals surface area contributed by atoms with Gasteiger partial charge in [-0.3, -0.25) is 19.8 Å². The van der Waals surface area contributed by atoms with E-state index in [0.29, 0.717) is 12.3 Å². The number of likely N-dealkylation sites (tertiary alicyclic amines) is 1. The van der Waals surface area contributed by atoms with Crippen LogP contribution in [0, 0.1) is 30.9 Å². The smallest absolute Gasteiger partial charge is 0.291 e. The number of rotatable bonds is 7. The summed E-state index contributed by atoms with van der Waals surface area (Å²) in [5, 5.41) is 14.2. The average Bonchev–Trinajstić information content (AvgIpc) is 3.44. The molecule has 0 atom stereocenters. The van der Waals surface area contributed by atoms with Gasteiger partial charge in [0.15, 0.2) is 5.76 Å². The fourth-order valence-corrected chi connectivity index (χ4v) is 3.99. The van der Waals surface area contributed by atoms with Crippen LogP contribution < -0.4 is 10.1 Å². The minimum Gasteiger partial charge on any atom is -0.457 e. The number of nitrogens with one attached hydrogen (secondary N) is 1. The van der Waals surface area contributed by atoms with Gasteiger partial charge in [0.2, 0.25) is 0 Å². The lowest BCUT2D eigenvalue weighted by atomic mass is 10.1. The van der Waals surface area contributed by atoms with Crippen LogP contribution in [0.15, 0.2) is 46.9 Å². The summed E-state index contributed by atoms with van der Waals surface area (Å²) in [6, 6.07) is 11.5. The monoisotopic (exact) mass is 449 g/mol. The summed E-state index contributed by atoms with van der Waals surface area (Å²) in [6.07, 6.45) is 2.35. The number of aryl methyl sites for hydroxylation is 2. The van der Waals surface area contributed by atoms with Crippen LogP contribution in [0.1, 0.15) is 45.8 Å². The molecule has 1 aliphatic rings. The second-order valence-electron chi connectivity index (χ2n) is 8.48. The maximum absolute atomic E-state index is 12.7. The Morgan fingerprint density at radius 1 is 1.12 bits per heavy atom. The Labute approximate surface area is 192 Å². The number of carbonyl (C=O) groups is 1. The van der Waals surface area contributed by atoms with Gasteiger partial charge in [0.25, 0.3) is 11.6 Å². The van der Waals surface area contributed by atoms with Crippen molar-refractivity contribution in [3.63, 3.8) is 0 Å². The van der Waals surface area contributed by atoms with E-state index in [4.69, 9.17) is 9.15 Å². The highest BCUT2D eigenvalue weighted by atomic mass is 16.6. The van der Waals surface area contributed by atoms with E-state index in [1.54, 1.807) is 18.2 Å². The zero-order valence-electron chi connectivity index (χ0n) is 19.0. The van der Waals surface area contributed by atoms with Crippen LogP contribution >= 0.6 is 0 Å². The molecule has 1 aliphatic heterocycles. The van der Waals surface area contributed by atoms with Crippen LogP contribution in [0.4, 0.5) is 11.4 Å². The van der Waals surface area contributed by atoms with Crippen LogP contribution in [0.5, 0.6) is 11.5 Å². The molecule has 3 aromatic rings. The fourth-order valence-electron chi connectivity index (χ4n) is 3.99. The van der Waals surface area contributed by atoms with Crippen molar-refractivity contribution in [2.24, 2.45) is 0 Å². The van der Waals surface area contributed by atoms with Gasteiger partial charge in [-0.05, 0) is 81.6 Å². The van der Waals surface area contributed by atoms with Crippen molar-refractivity contribution in [1.82, 2.24) is 4.90 Å². The predicted octanol–water partition coefficient (Wildman–Crippen LogP) is 5.75. The van der Waals surface area contributed by atoms with Gasteiger partial charge in [0, 0.05) is 12.1 Å². The molecule has 0 saturated carbocycles. The molecule has 1 fully saturated rings. The zero-order chi connectivity index (χ0) is 23.5. The van der Waals surface area contributed by atoms with Crippen molar-refractivity contribution in [3.05, 3.63) is 80.8 Å². The standard InChI is InChI=1S/C25H27N3O5/c1-16-10-17(2)18(3)24(11-16)33-22-13-19(12-20(14-22)28(30)31)26-25(29)23-7-6-21(32-23)15-27-8-4-5-9-27/h6-7,10-14H,4-5,8-9,15H2,1-3H3,(H,26,29). The maximum atomic E-state index is 12.7. The number of hydrogen-bond donors (Lipinski definition) is 1. The Morgan fingerprint density at radius 3 is 2.61 bits per heavy atom. The minimum atomic E-state index is -0.516. The number of nitro benzene ring substituents is 1. The first kappa shape index (κ1) is 22.5. The molecule has 1 N–H and O–H groups in total. The highest BCUT2D eigenvalue weighted by molar-refractivity contribution is 6.02. The number of nitrogens with zero attached hydrogens (tertiary/aromatic N) is 2. The molecule has 2 heterocycles. The molecule has 4 rings (SSSR count). The number of hydrogen-bond acceptors (Lipinski definition) is 6. The van der Waals surface area contributed by atoms with Gasteiger partial charge in [-0.1, -0.05) is 6.07 Å². The number of nitro groups is 1. The molecular formula is C25H27N3O5.